The van der Waals surface area contributed by atoms with Crippen molar-refractivity contribution in [1.82, 2.24) is 10.2 Å². The summed E-state index contributed by atoms with van der Waals surface area (Å²) in [4.78, 5) is 26.7. The summed E-state index contributed by atoms with van der Waals surface area (Å²) in [6.45, 7) is 8.71. The third kappa shape index (κ3) is 4.35. The van der Waals surface area contributed by atoms with E-state index >= 15 is 0 Å². The third-order valence-electron chi connectivity index (χ3n) is 5.11. The maximum absolute atomic E-state index is 12.6. The van der Waals surface area contributed by atoms with E-state index in [0.717, 1.165) is 29.1 Å². The maximum atomic E-state index is 12.6. The number of carbonyl (C=O) groups excluding carboxylic acids is 2. The topological polar surface area (TPSA) is 75.2 Å². The number of nitrogens with zero attached hydrogens (tertiary/aromatic N) is 3. The predicted molar refractivity (Wildman–Crippen MR) is 108 cm³/mol. The zero-order valence-corrected chi connectivity index (χ0v) is 17.1. The number of carbonyl (C=O) groups is 2. The zero-order valence-electron chi connectivity index (χ0n) is 16.3. The molecule has 2 heterocycles. The molecule has 144 valence electrons. The average Bonchev–Trinajstić information content (AvgIpc) is 3.24. The smallest absolute Gasteiger partial charge is 0.231 e. The van der Waals surface area contributed by atoms with Crippen LogP contribution in [0.3, 0.4) is 0 Å². The molecule has 1 aromatic heterocycles. The minimum absolute atomic E-state index is 0.0204. The molecule has 0 bridgehead atoms. The van der Waals surface area contributed by atoms with Crippen LogP contribution in [0.2, 0.25) is 0 Å². The van der Waals surface area contributed by atoms with Gasteiger partial charge in [-0.3, -0.25) is 9.59 Å². The van der Waals surface area contributed by atoms with Crippen molar-refractivity contribution in [2.24, 2.45) is 5.92 Å². The molecule has 1 fully saturated rings. The number of nitrogens with one attached hydrogen (secondary N) is 1. The molecule has 0 spiro atoms. The molecule has 0 unspecified atom stereocenters. The average molecular weight is 387 g/mol. The summed E-state index contributed by atoms with van der Waals surface area (Å²) in [6.07, 6.45) is 2.35. The second kappa shape index (κ2) is 8.17. The van der Waals surface area contributed by atoms with E-state index in [1.807, 2.05) is 32.0 Å². The lowest BCUT2D eigenvalue weighted by Crippen LogP contribution is -2.28. The predicted octanol–water partition coefficient (Wildman–Crippen LogP) is 4.05. The Kier molecular flexibility index (Phi) is 5.89. The van der Waals surface area contributed by atoms with Gasteiger partial charge < -0.3 is 10.2 Å². The van der Waals surface area contributed by atoms with Gasteiger partial charge in [0.1, 0.15) is 5.01 Å². The normalized spacial score (nSPS) is 18.0. The van der Waals surface area contributed by atoms with Crippen molar-refractivity contribution in [3.63, 3.8) is 0 Å². The largest absolute Gasteiger partial charge is 0.312 e. The summed E-state index contributed by atoms with van der Waals surface area (Å²) < 4.78 is 0. The highest BCUT2D eigenvalue weighted by Gasteiger charge is 2.35. The first-order chi connectivity index (χ1) is 12.9. The Morgan fingerprint density at radius 1 is 1.33 bits per heavy atom. The first-order valence-electron chi connectivity index (χ1n) is 9.41. The standard InChI is InChI=1S/C20H26N4O2S/c1-5-6-13(3)19-22-23-20(27-19)21-18(26)15-10-17(25)24(11-15)16-8-7-12(2)14(4)9-16/h7-9,13,15H,5-6,10-11H2,1-4H3,(H,21,23,26)/t13-,15+/m0/s1. The fourth-order valence-corrected chi connectivity index (χ4v) is 4.11. The van der Waals surface area contributed by atoms with E-state index in [1.54, 1.807) is 4.90 Å². The van der Waals surface area contributed by atoms with Gasteiger partial charge in [0.15, 0.2) is 0 Å². The monoisotopic (exact) mass is 386 g/mol. The van der Waals surface area contributed by atoms with Crippen LogP contribution in [0.1, 0.15) is 55.2 Å². The first-order valence-corrected chi connectivity index (χ1v) is 10.2. The number of amides is 2. The minimum Gasteiger partial charge on any atom is -0.312 e. The zero-order chi connectivity index (χ0) is 19.6. The van der Waals surface area contributed by atoms with Crippen molar-refractivity contribution in [1.29, 1.82) is 0 Å². The number of hydrogen-bond acceptors (Lipinski definition) is 5. The number of aryl methyl sites for hydroxylation is 2. The molecule has 0 radical (unpaired) electrons. The molecular formula is C20H26N4O2S. The Morgan fingerprint density at radius 3 is 2.81 bits per heavy atom. The van der Waals surface area contributed by atoms with Gasteiger partial charge in [0.2, 0.25) is 16.9 Å². The number of rotatable bonds is 6. The molecule has 6 nitrogen and oxygen atoms in total. The highest BCUT2D eigenvalue weighted by Crippen LogP contribution is 2.29. The Labute approximate surface area is 164 Å². The van der Waals surface area contributed by atoms with Crippen molar-refractivity contribution in [3.8, 4) is 0 Å². The van der Waals surface area contributed by atoms with Gasteiger partial charge in [0, 0.05) is 24.6 Å². The number of aromatic nitrogens is 2. The van der Waals surface area contributed by atoms with Gasteiger partial charge in [-0.15, -0.1) is 10.2 Å². The van der Waals surface area contributed by atoms with Crippen LogP contribution in [0.4, 0.5) is 10.8 Å². The SMILES string of the molecule is CCC[C@H](C)c1nnc(NC(=O)[C@@H]2CC(=O)N(c3ccc(C)c(C)c3)C2)s1. The third-order valence-corrected chi connectivity index (χ3v) is 6.18. The van der Waals surface area contributed by atoms with E-state index in [2.05, 4.69) is 29.4 Å². The molecular weight excluding hydrogens is 360 g/mol. The lowest BCUT2D eigenvalue weighted by molar-refractivity contribution is -0.122. The van der Waals surface area contributed by atoms with Crippen LogP contribution in [0.25, 0.3) is 0 Å². The Hall–Kier alpha value is -2.28. The summed E-state index contributed by atoms with van der Waals surface area (Å²) in [5.41, 5.74) is 3.17. The molecule has 2 atom stereocenters. The van der Waals surface area contributed by atoms with Gasteiger partial charge in [-0.2, -0.15) is 0 Å². The molecule has 7 heteroatoms. The van der Waals surface area contributed by atoms with Crippen LogP contribution in [0.5, 0.6) is 0 Å². The van der Waals surface area contributed by atoms with E-state index < -0.39 is 0 Å². The molecule has 0 aliphatic carbocycles. The molecule has 2 amide bonds. The van der Waals surface area contributed by atoms with Gasteiger partial charge in [0.05, 0.1) is 5.92 Å². The Morgan fingerprint density at radius 2 is 2.11 bits per heavy atom. The Balaban J connectivity index is 1.64. The van der Waals surface area contributed by atoms with Crippen LogP contribution in [-0.4, -0.2) is 28.6 Å². The van der Waals surface area contributed by atoms with Gasteiger partial charge in [-0.1, -0.05) is 37.7 Å². The molecule has 3 rings (SSSR count). The van der Waals surface area contributed by atoms with Gasteiger partial charge >= 0.3 is 0 Å². The molecule has 1 aliphatic rings. The molecule has 2 aromatic rings. The number of benzene rings is 1. The maximum Gasteiger partial charge on any atom is 0.231 e. The quantitative estimate of drug-likeness (QED) is 0.813. The van der Waals surface area contributed by atoms with Crippen LogP contribution in [-0.2, 0) is 9.59 Å². The van der Waals surface area contributed by atoms with Crippen LogP contribution < -0.4 is 10.2 Å². The van der Waals surface area contributed by atoms with Crippen molar-refractivity contribution in [2.45, 2.75) is 52.9 Å². The van der Waals surface area contributed by atoms with Crippen molar-refractivity contribution >= 4 is 34.0 Å². The Bertz CT molecular complexity index is 848. The second-order valence-corrected chi connectivity index (χ2v) is 8.31. The van der Waals surface area contributed by atoms with E-state index in [0.29, 0.717) is 17.6 Å². The summed E-state index contributed by atoms with van der Waals surface area (Å²) in [6, 6.07) is 5.94. The van der Waals surface area contributed by atoms with E-state index in [9.17, 15) is 9.59 Å². The molecule has 1 aliphatic heterocycles. The second-order valence-electron chi connectivity index (χ2n) is 7.30. The number of anilines is 2. The lowest BCUT2D eigenvalue weighted by Gasteiger charge is -2.17. The molecule has 0 saturated carbocycles. The molecule has 1 N–H and O–H groups in total. The van der Waals surface area contributed by atoms with Crippen LogP contribution in [0, 0.1) is 19.8 Å². The first kappa shape index (κ1) is 19.5. The molecule has 1 aromatic carbocycles. The van der Waals surface area contributed by atoms with E-state index in [-0.39, 0.29) is 24.2 Å². The van der Waals surface area contributed by atoms with Crippen LogP contribution >= 0.6 is 11.3 Å². The van der Waals surface area contributed by atoms with Gasteiger partial charge in [-0.25, -0.2) is 0 Å². The fraction of sp³-hybridized carbons (Fsp3) is 0.500. The van der Waals surface area contributed by atoms with Crippen molar-refractivity contribution < 1.29 is 9.59 Å². The van der Waals surface area contributed by atoms with E-state index in [1.165, 1.54) is 16.9 Å². The molecule has 1 saturated heterocycles. The summed E-state index contributed by atoms with van der Waals surface area (Å²) in [5, 5.41) is 12.6. The molecule has 27 heavy (non-hydrogen) atoms. The van der Waals surface area contributed by atoms with Crippen LogP contribution in [0.15, 0.2) is 18.2 Å². The number of hydrogen-bond donors (Lipinski definition) is 1. The summed E-state index contributed by atoms with van der Waals surface area (Å²) in [5.74, 6) is -0.223. The highest BCUT2D eigenvalue weighted by molar-refractivity contribution is 7.15. The minimum atomic E-state index is -0.375. The van der Waals surface area contributed by atoms with Gasteiger partial charge in [0.25, 0.3) is 0 Å². The highest BCUT2D eigenvalue weighted by atomic mass is 32.1. The summed E-state index contributed by atoms with van der Waals surface area (Å²) >= 11 is 1.42. The van der Waals surface area contributed by atoms with E-state index in [4.69, 9.17) is 0 Å². The lowest BCUT2D eigenvalue weighted by atomic mass is 10.1. The summed E-state index contributed by atoms with van der Waals surface area (Å²) in [7, 11) is 0. The fourth-order valence-electron chi connectivity index (χ4n) is 3.27. The van der Waals surface area contributed by atoms with Crippen molar-refractivity contribution in [3.05, 3.63) is 34.3 Å². The van der Waals surface area contributed by atoms with Crippen molar-refractivity contribution in [2.75, 3.05) is 16.8 Å². The van der Waals surface area contributed by atoms with Gasteiger partial charge in [-0.05, 0) is 43.5 Å².